The standard InChI is InChI=1S/C13H24O5/c1-7(2)13(8(3)14)10(15-6)9-11(18-13)17-12(4,5)16-9/h7-11,14H,1-6H3/t8-,9+,10-,11-,13?/m0/s1. The van der Waals surface area contributed by atoms with Crippen LogP contribution in [0.3, 0.4) is 0 Å². The van der Waals surface area contributed by atoms with Gasteiger partial charge in [0, 0.05) is 7.11 Å². The Morgan fingerprint density at radius 2 is 1.72 bits per heavy atom. The fourth-order valence-electron chi connectivity index (χ4n) is 3.18. The average molecular weight is 260 g/mol. The molecule has 5 heteroatoms. The van der Waals surface area contributed by atoms with E-state index in [4.69, 9.17) is 18.9 Å². The second kappa shape index (κ2) is 4.42. The number of aliphatic hydroxyl groups excluding tert-OH is 1. The monoisotopic (exact) mass is 260 g/mol. The van der Waals surface area contributed by atoms with Crippen LogP contribution in [-0.2, 0) is 18.9 Å². The zero-order chi connectivity index (χ0) is 13.7. The van der Waals surface area contributed by atoms with Crippen molar-refractivity contribution in [3.63, 3.8) is 0 Å². The van der Waals surface area contributed by atoms with Gasteiger partial charge in [-0.1, -0.05) is 13.8 Å². The van der Waals surface area contributed by atoms with E-state index in [1.54, 1.807) is 14.0 Å². The lowest BCUT2D eigenvalue weighted by atomic mass is 9.80. The first-order valence-electron chi connectivity index (χ1n) is 6.49. The maximum Gasteiger partial charge on any atom is 0.190 e. The molecule has 5 nitrogen and oxygen atoms in total. The van der Waals surface area contributed by atoms with Gasteiger partial charge in [-0.2, -0.15) is 0 Å². The Morgan fingerprint density at radius 3 is 2.17 bits per heavy atom. The van der Waals surface area contributed by atoms with Crippen molar-refractivity contribution in [1.29, 1.82) is 0 Å². The van der Waals surface area contributed by atoms with Gasteiger partial charge >= 0.3 is 0 Å². The van der Waals surface area contributed by atoms with Gasteiger partial charge in [-0.3, -0.25) is 0 Å². The Labute approximate surface area is 108 Å². The second-order valence-electron chi connectivity index (χ2n) is 5.93. The van der Waals surface area contributed by atoms with Crippen LogP contribution in [0.4, 0.5) is 0 Å². The van der Waals surface area contributed by atoms with E-state index in [0.717, 1.165) is 0 Å². The molecule has 2 aliphatic heterocycles. The lowest BCUT2D eigenvalue weighted by Crippen LogP contribution is -2.56. The summed E-state index contributed by atoms with van der Waals surface area (Å²) in [7, 11) is 1.62. The second-order valence-corrected chi connectivity index (χ2v) is 5.93. The molecule has 0 aliphatic carbocycles. The molecule has 2 saturated heterocycles. The van der Waals surface area contributed by atoms with Gasteiger partial charge in [-0.25, -0.2) is 0 Å². The van der Waals surface area contributed by atoms with E-state index in [-0.39, 0.29) is 18.1 Å². The first kappa shape index (κ1) is 14.2. The number of hydrogen-bond donors (Lipinski definition) is 1. The summed E-state index contributed by atoms with van der Waals surface area (Å²) in [5.74, 6) is -0.586. The van der Waals surface area contributed by atoms with Crippen molar-refractivity contribution in [2.45, 2.75) is 70.6 Å². The Hall–Kier alpha value is -0.200. The Bertz CT molecular complexity index is 305. The van der Waals surface area contributed by atoms with E-state index < -0.39 is 23.8 Å². The minimum atomic E-state index is -0.791. The van der Waals surface area contributed by atoms with E-state index in [1.807, 2.05) is 27.7 Å². The Morgan fingerprint density at radius 1 is 1.11 bits per heavy atom. The topological polar surface area (TPSA) is 57.2 Å². The number of methoxy groups -OCH3 is 1. The number of fused-ring (bicyclic) bond motifs is 1. The molecular formula is C13H24O5. The first-order chi connectivity index (χ1) is 8.24. The molecule has 0 aromatic rings. The van der Waals surface area contributed by atoms with Crippen LogP contribution >= 0.6 is 0 Å². The SMILES string of the molecule is CO[C@H]1[C@H]2OC(C)(C)O[C@H]2OC1(C(C)C)[C@H](C)O. The predicted octanol–water partition coefficient (Wildman–Crippen LogP) is 1.28. The van der Waals surface area contributed by atoms with Gasteiger partial charge in [0.2, 0.25) is 0 Å². The van der Waals surface area contributed by atoms with Gasteiger partial charge in [-0.05, 0) is 26.7 Å². The molecular weight excluding hydrogens is 236 g/mol. The molecule has 0 saturated carbocycles. The average Bonchev–Trinajstić information content (AvgIpc) is 2.66. The van der Waals surface area contributed by atoms with Crippen LogP contribution in [0.2, 0.25) is 0 Å². The smallest absolute Gasteiger partial charge is 0.190 e. The molecule has 1 N–H and O–H groups in total. The molecule has 0 aromatic carbocycles. The van der Waals surface area contributed by atoms with E-state index in [9.17, 15) is 5.11 Å². The molecule has 0 amide bonds. The van der Waals surface area contributed by atoms with Crippen LogP contribution in [0.1, 0.15) is 34.6 Å². The van der Waals surface area contributed by atoms with Crippen molar-refractivity contribution in [2.75, 3.05) is 7.11 Å². The maximum absolute atomic E-state index is 10.1. The third-order valence-electron chi connectivity index (χ3n) is 3.96. The van der Waals surface area contributed by atoms with Crippen LogP contribution in [-0.4, -0.2) is 48.2 Å². The van der Waals surface area contributed by atoms with Gasteiger partial charge in [0.15, 0.2) is 12.1 Å². The lowest BCUT2D eigenvalue weighted by Gasteiger charge is -2.41. The highest BCUT2D eigenvalue weighted by Crippen LogP contribution is 2.47. The van der Waals surface area contributed by atoms with Crippen LogP contribution < -0.4 is 0 Å². The van der Waals surface area contributed by atoms with Crippen molar-refractivity contribution in [3.8, 4) is 0 Å². The van der Waals surface area contributed by atoms with E-state index in [1.165, 1.54) is 0 Å². The van der Waals surface area contributed by atoms with Crippen LogP contribution in [0.5, 0.6) is 0 Å². The molecule has 2 aliphatic rings. The number of aliphatic hydroxyl groups is 1. The molecule has 5 atom stereocenters. The molecule has 0 radical (unpaired) electrons. The number of hydrogen-bond acceptors (Lipinski definition) is 5. The highest BCUT2D eigenvalue weighted by atomic mass is 16.8. The largest absolute Gasteiger partial charge is 0.390 e. The normalized spacial score (nSPS) is 44.3. The first-order valence-corrected chi connectivity index (χ1v) is 6.49. The van der Waals surface area contributed by atoms with Crippen LogP contribution in [0.25, 0.3) is 0 Å². The summed E-state index contributed by atoms with van der Waals surface area (Å²) in [5, 5.41) is 10.1. The van der Waals surface area contributed by atoms with Gasteiger partial charge in [0.05, 0.1) is 6.10 Å². The third kappa shape index (κ3) is 1.89. The Balaban J connectivity index is 2.32. The Kier molecular flexibility index (Phi) is 3.49. The highest BCUT2D eigenvalue weighted by Gasteiger charge is 2.65. The van der Waals surface area contributed by atoms with Crippen LogP contribution in [0, 0.1) is 5.92 Å². The zero-order valence-corrected chi connectivity index (χ0v) is 12.0. The summed E-state index contributed by atoms with van der Waals surface area (Å²) in [5.41, 5.74) is -0.791. The highest BCUT2D eigenvalue weighted by molar-refractivity contribution is 5.08. The summed E-state index contributed by atoms with van der Waals surface area (Å²) < 4.78 is 23.2. The van der Waals surface area contributed by atoms with Gasteiger partial charge < -0.3 is 24.1 Å². The summed E-state index contributed by atoms with van der Waals surface area (Å²) in [6, 6.07) is 0. The lowest BCUT2D eigenvalue weighted by molar-refractivity contribution is -0.269. The zero-order valence-electron chi connectivity index (χ0n) is 12.0. The molecule has 0 spiro atoms. The molecule has 2 fully saturated rings. The quantitative estimate of drug-likeness (QED) is 0.828. The number of rotatable bonds is 3. The molecule has 18 heavy (non-hydrogen) atoms. The predicted molar refractivity (Wildman–Crippen MR) is 65.0 cm³/mol. The van der Waals surface area contributed by atoms with Crippen molar-refractivity contribution in [1.82, 2.24) is 0 Å². The molecule has 1 unspecified atom stereocenters. The summed E-state index contributed by atoms with van der Waals surface area (Å²) in [4.78, 5) is 0. The van der Waals surface area contributed by atoms with Gasteiger partial charge in [-0.15, -0.1) is 0 Å². The van der Waals surface area contributed by atoms with Gasteiger partial charge in [0.1, 0.15) is 17.8 Å². The molecule has 0 aromatic heterocycles. The van der Waals surface area contributed by atoms with E-state index in [0.29, 0.717) is 0 Å². The molecule has 106 valence electrons. The molecule has 2 heterocycles. The van der Waals surface area contributed by atoms with Crippen molar-refractivity contribution < 1.29 is 24.1 Å². The van der Waals surface area contributed by atoms with Crippen molar-refractivity contribution >= 4 is 0 Å². The number of ether oxygens (including phenoxy) is 4. The fraction of sp³-hybridized carbons (Fsp3) is 1.00. The van der Waals surface area contributed by atoms with Crippen LogP contribution in [0.15, 0.2) is 0 Å². The van der Waals surface area contributed by atoms with Crippen molar-refractivity contribution in [2.24, 2.45) is 5.92 Å². The minimum Gasteiger partial charge on any atom is -0.390 e. The molecule has 2 rings (SSSR count). The van der Waals surface area contributed by atoms with E-state index >= 15 is 0 Å². The summed E-state index contributed by atoms with van der Waals surface area (Å²) in [6.45, 7) is 9.43. The van der Waals surface area contributed by atoms with E-state index in [2.05, 4.69) is 0 Å². The maximum atomic E-state index is 10.1. The third-order valence-corrected chi connectivity index (χ3v) is 3.96. The molecule has 0 bridgehead atoms. The minimum absolute atomic E-state index is 0.0864. The summed E-state index contributed by atoms with van der Waals surface area (Å²) >= 11 is 0. The van der Waals surface area contributed by atoms with Gasteiger partial charge in [0.25, 0.3) is 0 Å². The van der Waals surface area contributed by atoms with Crippen molar-refractivity contribution in [3.05, 3.63) is 0 Å². The fourth-order valence-corrected chi connectivity index (χ4v) is 3.18. The summed E-state index contributed by atoms with van der Waals surface area (Å²) in [6.07, 6.45) is -1.79.